The molecule has 0 aliphatic carbocycles. The first kappa shape index (κ1) is 26.6. The molecule has 0 saturated heterocycles. The molecule has 9 aromatic rings. The Labute approximate surface area is 276 Å². The van der Waals surface area contributed by atoms with Crippen molar-refractivity contribution in [2.75, 3.05) is 0 Å². The number of hydrogen-bond donors (Lipinski definition) is 0. The Bertz CT molecular complexity index is 2590. The summed E-state index contributed by atoms with van der Waals surface area (Å²) < 4.78 is 8.99. The average molecular weight is 615 g/mol. The first-order valence-electron chi connectivity index (χ1n) is 16.0. The number of aromatic nitrogens is 4. The van der Waals surface area contributed by atoms with Crippen LogP contribution in [0.5, 0.6) is 11.5 Å². The van der Waals surface area contributed by atoms with E-state index in [-0.39, 0.29) is 0 Å². The first-order valence-corrected chi connectivity index (χ1v) is 16.0. The molecule has 1 aliphatic heterocycles. The van der Waals surface area contributed by atoms with E-state index in [1.807, 2.05) is 72.8 Å². The topological polar surface area (TPSA) is 52.8 Å². The second-order valence-corrected chi connectivity index (χ2v) is 12.0. The van der Waals surface area contributed by atoms with Gasteiger partial charge in [-0.2, -0.15) is 0 Å². The van der Waals surface area contributed by atoms with Crippen molar-refractivity contribution in [3.8, 4) is 62.5 Å². The molecule has 1 aliphatic rings. The van der Waals surface area contributed by atoms with Crippen LogP contribution in [0.3, 0.4) is 0 Å². The number of rotatable bonds is 4. The molecule has 0 fully saturated rings. The van der Waals surface area contributed by atoms with Crippen molar-refractivity contribution in [1.29, 1.82) is 0 Å². The van der Waals surface area contributed by atoms with Crippen molar-refractivity contribution in [3.05, 3.63) is 158 Å². The summed E-state index contributed by atoms with van der Waals surface area (Å²) in [5, 5.41) is 4.70. The summed E-state index contributed by atoms with van der Waals surface area (Å²) in [5.41, 5.74) is 8.38. The van der Waals surface area contributed by atoms with Crippen molar-refractivity contribution in [1.82, 2.24) is 19.5 Å². The quantitative estimate of drug-likeness (QED) is 0.198. The number of ether oxygens (including phenoxy) is 1. The minimum Gasteiger partial charge on any atom is -0.456 e. The molecule has 2 aromatic heterocycles. The standard InChI is InChI=1S/C43H26N4O/c1-3-12-27(13-4-1)41-44-42(28-14-5-2-6-15-28)46-43(45-41)29-22-24-38-34(26-29)32-18-11-19-33-37(23-25-39(48-38)40(32)33)47-35-20-9-7-16-30(35)31-17-8-10-21-36(31)47/h1-26H. The predicted octanol–water partition coefficient (Wildman–Crippen LogP) is 10.9. The van der Waals surface area contributed by atoms with E-state index in [4.69, 9.17) is 19.7 Å². The van der Waals surface area contributed by atoms with Crippen molar-refractivity contribution >= 4 is 32.6 Å². The number of hydrogen-bond acceptors (Lipinski definition) is 4. The van der Waals surface area contributed by atoms with Crippen molar-refractivity contribution in [3.63, 3.8) is 0 Å². The molecule has 0 amide bonds. The Balaban J connectivity index is 1.17. The lowest BCUT2D eigenvalue weighted by atomic mass is 9.92. The molecule has 0 N–H and O–H groups in total. The molecular weight excluding hydrogens is 589 g/mol. The van der Waals surface area contributed by atoms with Crippen LogP contribution in [0, 0.1) is 0 Å². The Kier molecular flexibility index (Phi) is 5.81. The van der Waals surface area contributed by atoms with E-state index in [9.17, 15) is 0 Å². The van der Waals surface area contributed by atoms with Gasteiger partial charge in [0.1, 0.15) is 11.5 Å². The van der Waals surface area contributed by atoms with Crippen LogP contribution in [0.4, 0.5) is 0 Å². The fraction of sp³-hybridized carbons (Fsp3) is 0. The lowest BCUT2D eigenvalue weighted by molar-refractivity contribution is 0.487. The molecule has 5 nitrogen and oxygen atoms in total. The zero-order valence-electron chi connectivity index (χ0n) is 25.7. The third kappa shape index (κ3) is 4.08. The van der Waals surface area contributed by atoms with Crippen molar-refractivity contribution in [2.24, 2.45) is 0 Å². The van der Waals surface area contributed by atoms with Crippen LogP contribution >= 0.6 is 0 Å². The number of benzene rings is 7. The van der Waals surface area contributed by atoms with Crippen LogP contribution < -0.4 is 4.74 Å². The van der Waals surface area contributed by atoms with Crippen LogP contribution in [-0.2, 0) is 0 Å². The van der Waals surface area contributed by atoms with E-state index >= 15 is 0 Å². The molecule has 0 spiro atoms. The highest BCUT2D eigenvalue weighted by Gasteiger charge is 2.24. The molecule has 10 rings (SSSR count). The van der Waals surface area contributed by atoms with Gasteiger partial charge in [0.25, 0.3) is 0 Å². The van der Waals surface area contributed by atoms with Gasteiger partial charge in [0.2, 0.25) is 0 Å². The van der Waals surface area contributed by atoms with Gasteiger partial charge < -0.3 is 9.30 Å². The minimum atomic E-state index is 0.613. The maximum atomic E-state index is 6.61. The van der Waals surface area contributed by atoms with E-state index in [2.05, 4.69) is 89.5 Å². The van der Waals surface area contributed by atoms with Gasteiger partial charge in [0, 0.05) is 43.8 Å². The number of nitrogens with zero attached hydrogens (tertiary/aromatic N) is 4. The van der Waals surface area contributed by atoms with Gasteiger partial charge >= 0.3 is 0 Å². The van der Waals surface area contributed by atoms with Crippen molar-refractivity contribution < 1.29 is 4.74 Å². The Morgan fingerprint density at radius 2 is 0.938 bits per heavy atom. The molecule has 0 radical (unpaired) electrons. The zero-order chi connectivity index (χ0) is 31.6. The molecule has 5 heteroatoms. The van der Waals surface area contributed by atoms with E-state index in [1.165, 1.54) is 21.8 Å². The summed E-state index contributed by atoms with van der Waals surface area (Å²) in [7, 11) is 0. The van der Waals surface area contributed by atoms with E-state index in [1.54, 1.807) is 0 Å². The molecule has 0 bridgehead atoms. The Hall–Kier alpha value is -6.59. The summed E-state index contributed by atoms with van der Waals surface area (Å²) >= 11 is 0. The predicted molar refractivity (Wildman–Crippen MR) is 193 cm³/mol. The monoisotopic (exact) mass is 614 g/mol. The summed E-state index contributed by atoms with van der Waals surface area (Å²) in [4.78, 5) is 14.8. The van der Waals surface area contributed by atoms with Crippen LogP contribution in [0.15, 0.2) is 158 Å². The van der Waals surface area contributed by atoms with Gasteiger partial charge in [-0.25, -0.2) is 15.0 Å². The highest BCUT2D eigenvalue weighted by Crippen LogP contribution is 2.49. The maximum absolute atomic E-state index is 6.61. The lowest BCUT2D eigenvalue weighted by Gasteiger charge is -2.23. The lowest BCUT2D eigenvalue weighted by Crippen LogP contribution is -2.02. The van der Waals surface area contributed by atoms with Crippen LogP contribution in [-0.4, -0.2) is 19.5 Å². The fourth-order valence-electron chi connectivity index (χ4n) is 7.07. The van der Waals surface area contributed by atoms with Gasteiger partial charge in [0.15, 0.2) is 17.5 Å². The average Bonchev–Trinajstić information content (AvgIpc) is 3.50. The highest BCUT2D eigenvalue weighted by atomic mass is 16.5. The summed E-state index contributed by atoms with van der Waals surface area (Å²) in [5.74, 6) is 3.54. The van der Waals surface area contributed by atoms with Crippen molar-refractivity contribution in [2.45, 2.75) is 0 Å². The molecule has 0 saturated carbocycles. The SMILES string of the molecule is c1ccc(-c2nc(-c3ccccc3)nc(-c3ccc4c(c3)-c3cccc5c(-n6c7ccccc7c7ccccc76)ccc(c35)O4)n2)cc1. The van der Waals surface area contributed by atoms with E-state index in [0.717, 1.165) is 55.8 Å². The van der Waals surface area contributed by atoms with Crippen LogP contribution in [0.1, 0.15) is 0 Å². The zero-order valence-corrected chi connectivity index (χ0v) is 25.7. The number of para-hydroxylation sites is 2. The molecule has 224 valence electrons. The Morgan fingerprint density at radius 3 is 1.58 bits per heavy atom. The Morgan fingerprint density at radius 1 is 0.396 bits per heavy atom. The van der Waals surface area contributed by atoms with Gasteiger partial charge in [-0.15, -0.1) is 0 Å². The second-order valence-electron chi connectivity index (χ2n) is 12.0. The summed E-state index contributed by atoms with van der Waals surface area (Å²) in [6.07, 6.45) is 0. The molecule has 0 unspecified atom stereocenters. The van der Waals surface area contributed by atoms with Crippen LogP contribution in [0.2, 0.25) is 0 Å². The second kappa shape index (κ2) is 10.5. The summed E-state index contributed by atoms with van der Waals surface area (Å²) in [6.45, 7) is 0. The van der Waals surface area contributed by atoms with E-state index in [0.29, 0.717) is 17.5 Å². The van der Waals surface area contributed by atoms with Gasteiger partial charge in [-0.1, -0.05) is 115 Å². The fourth-order valence-corrected chi connectivity index (χ4v) is 7.07. The third-order valence-electron chi connectivity index (χ3n) is 9.25. The molecule has 7 aromatic carbocycles. The van der Waals surface area contributed by atoms with E-state index < -0.39 is 0 Å². The molecule has 0 atom stereocenters. The summed E-state index contributed by atoms with van der Waals surface area (Å²) in [6, 6.07) is 54.4. The highest BCUT2D eigenvalue weighted by molar-refractivity contribution is 6.13. The largest absolute Gasteiger partial charge is 0.456 e. The third-order valence-corrected chi connectivity index (χ3v) is 9.25. The van der Waals surface area contributed by atoms with Gasteiger partial charge in [-0.3, -0.25) is 0 Å². The molecular formula is C43H26N4O. The van der Waals surface area contributed by atoms with Crippen LogP contribution in [0.25, 0.3) is 83.6 Å². The number of fused-ring (bicyclic) bond motifs is 5. The van der Waals surface area contributed by atoms with Gasteiger partial charge in [0.05, 0.1) is 16.7 Å². The molecule has 3 heterocycles. The van der Waals surface area contributed by atoms with Gasteiger partial charge in [-0.05, 0) is 48.0 Å². The normalized spacial score (nSPS) is 11.9. The minimum absolute atomic E-state index is 0.613. The molecule has 48 heavy (non-hydrogen) atoms. The first-order chi connectivity index (χ1) is 23.8. The maximum Gasteiger partial charge on any atom is 0.164 e. The smallest absolute Gasteiger partial charge is 0.164 e.